The Morgan fingerprint density at radius 2 is 2.24 bits per heavy atom. The molecule has 0 saturated carbocycles. The Labute approximate surface area is 146 Å². The van der Waals surface area contributed by atoms with Crippen molar-refractivity contribution in [2.75, 3.05) is 13.2 Å². The highest BCUT2D eigenvalue weighted by atomic mass is 19.1. The summed E-state index contributed by atoms with van der Waals surface area (Å²) in [4.78, 5) is 12.3. The smallest absolute Gasteiger partial charge is 0.315 e. The van der Waals surface area contributed by atoms with E-state index in [1.54, 1.807) is 23.0 Å². The largest absolute Gasteiger partial charge is 0.376 e. The van der Waals surface area contributed by atoms with Gasteiger partial charge in [0.25, 0.3) is 0 Å². The first-order valence-electron chi connectivity index (χ1n) is 8.51. The van der Waals surface area contributed by atoms with E-state index in [0.717, 1.165) is 24.0 Å². The van der Waals surface area contributed by atoms with Crippen molar-refractivity contribution >= 4 is 6.03 Å². The Balaban J connectivity index is 1.57. The Hall–Kier alpha value is -2.41. The number of nitrogens with one attached hydrogen (secondary N) is 2. The van der Waals surface area contributed by atoms with Crippen LogP contribution in [-0.2, 0) is 18.2 Å². The summed E-state index contributed by atoms with van der Waals surface area (Å²) < 4.78 is 20.6. The summed E-state index contributed by atoms with van der Waals surface area (Å²) in [5, 5.41) is 9.93. The Morgan fingerprint density at radius 1 is 1.44 bits per heavy atom. The maximum Gasteiger partial charge on any atom is 0.315 e. The highest BCUT2D eigenvalue weighted by Gasteiger charge is 2.28. The van der Waals surface area contributed by atoms with Crippen LogP contribution in [0.4, 0.5) is 9.18 Å². The van der Waals surface area contributed by atoms with Gasteiger partial charge in [-0.2, -0.15) is 5.10 Å². The van der Waals surface area contributed by atoms with Crippen LogP contribution in [0, 0.1) is 5.82 Å². The fraction of sp³-hybridized carbons (Fsp3) is 0.444. The minimum atomic E-state index is -0.296. The number of hydrogen-bond donors (Lipinski definition) is 2. The standard InChI is InChI=1S/C18H23FN4O2/c1-23-12-13(11-21-23)8-9-20-18(24)22-17(16-3-2-10-25-16)14-4-6-15(19)7-5-14/h4-7,11-12,16-17H,2-3,8-10H2,1H3,(H2,20,22,24)/t16-,17+/m0/s1. The van der Waals surface area contributed by atoms with Crippen LogP contribution < -0.4 is 10.6 Å². The normalized spacial score (nSPS) is 18.1. The van der Waals surface area contributed by atoms with E-state index in [1.165, 1.54) is 12.1 Å². The Morgan fingerprint density at radius 3 is 2.88 bits per heavy atom. The minimum Gasteiger partial charge on any atom is -0.376 e. The monoisotopic (exact) mass is 346 g/mol. The fourth-order valence-electron chi connectivity index (χ4n) is 3.04. The van der Waals surface area contributed by atoms with E-state index in [1.807, 2.05) is 13.2 Å². The van der Waals surface area contributed by atoms with E-state index in [9.17, 15) is 9.18 Å². The molecule has 7 heteroatoms. The third kappa shape index (κ3) is 4.79. The molecule has 1 aromatic heterocycles. The molecule has 0 aliphatic carbocycles. The first-order valence-corrected chi connectivity index (χ1v) is 8.51. The molecule has 0 radical (unpaired) electrons. The summed E-state index contributed by atoms with van der Waals surface area (Å²) >= 11 is 0. The topological polar surface area (TPSA) is 68.2 Å². The van der Waals surface area contributed by atoms with Gasteiger partial charge in [0.15, 0.2) is 0 Å². The molecule has 2 atom stereocenters. The van der Waals surface area contributed by atoms with Gasteiger partial charge in [0.1, 0.15) is 5.82 Å². The lowest BCUT2D eigenvalue weighted by Crippen LogP contribution is -2.42. The molecule has 1 aromatic carbocycles. The molecule has 1 aliphatic rings. The summed E-state index contributed by atoms with van der Waals surface area (Å²) in [5.41, 5.74) is 1.91. The molecule has 2 aromatic rings. The second-order valence-corrected chi connectivity index (χ2v) is 6.25. The van der Waals surface area contributed by atoms with Gasteiger partial charge in [-0.3, -0.25) is 4.68 Å². The molecule has 0 spiro atoms. The van der Waals surface area contributed by atoms with E-state index in [2.05, 4.69) is 15.7 Å². The van der Waals surface area contributed by atoms with Crippen LogP contribution in [0.15, 0.2) is 36.7 Å². The van der Waals surface area contributed by atoms with Crippen molar-refractivity contribution in [2.45, 2.75) is 31.4 Å². The van der Waals surface area contributed by atoms with Gasteiger partial charge < -0.3 is 15.4 Å². The maximum atomic E-state index is 13.2. The number of aryl methyl sites for hydroxylation is 1. The molecule has 134 valence electrons. The lowest BCUT2D eigenvalue weighted by Gasteiger charge is -2.25. The molecule has 3 rings (SSSR count). The van der Waals surface area contributed by atoms with E-state index in [-0.39, 0.29) is 24.0 Å². The highest BCUT2D eigenvalue weighted by Crippen LogP contribution is 2.27. The number of ether oxygens (including phenoxy) is 1. The van der Waals surface area contributed by atoms with E-state index in [0.29, 0.717) is 19.6 Å². The molecule has 2 amide bonds. The van der Waals surface area contributed by atoms with Crippen LogP contribution in [0.25, 0.3) is 0 Å². The van der Waals surface area contributed by atoms with Crippen molar-refractivity contribution in [1.82, 2.24) is 20.4 Å². The zero-order valence-electron chi connectivity index (χ0n) is 14.2. The molecular weight excluding hydrogens is 323 g/mol. The van der Waals surface area contributed by atoms with Crippen molar-refractivity contribution in [3.63, 3.8) is 0 Å². The number of rotatable bonds is 6. The highest BCUT2D eigenvalue weighted by molar-refractivity contribution is 5.74. The number of carbonyl (C=O) groups is 1. The second-order valence-electron chi connectivity index (χ2n) is 6.25. The van der Waals surface area contributed by atoms with Gasteiger partial charge in [0, 0.05) is 26.4 Å². The summed E-state index contributed by atoms with van der Waals surface area (Å²) in [6.45, 7) is 1.20. The number of nitrogens with zero attached hydrogens (tertiary/aromatic N) is 2. The van der Waals surface area contributed by atoms with Crippen LogP contribution in [0.5, 0.6) is 0 Å². The van der Waals surface area contributed by atoms with Gasteiger partial charge in [0.05, 0.1) is 18.3 Å². The van der Waals surface area contributed by atoms with Crippen LogP contribution in [-0.4, -0.2) is 35.1 Å². The first-order chi connectivity index (χ1) is 12.1. The SMILES string of the molecule is Cn1cc(CCNC(=O)N[C@H](c2ccc(F)cc2)[C@@H]2CCCO2)cn1. The number of hydrogen-bond acceptors (Lipinski definition) is 3. The molecule has 2 N–H and O–H groups in total. The molecule has 0 bridgehead atoms. The van der Waals surface area contributed by atoms with Crippen LogP contribution >= 0.6 is 0 Å². The summed E-state index contributed by atoms with van der Waals surface area (Å²) in [6.07, 6.45) is 6.17. The number of amides is 2. The van der Waals surface area contributed by atoms with Crippen molar-refractivity contribution in [2.24, 2.45) is 7.05 Å². The maximum absolute atomic E-state index is 13.2. The molecular formula is C18H23FN4O2. The van der Waals surface area contributed by atoms with E-state index >= 15 is 0 Å². The van der Waals surface area contributed by atoms with Crippen molar-refractivity contribution in [1.29, 1.82) is 0 Å². The molecule has 2 heterocycles. The average Bonchev–Trinajstić information content (AvgIpc) is 3.25. The molecule has 6 nitrogen and oxygen atoms in total. The van der Waals surface area contributed by atoms with Gasteiger partial charge in [0.2, 0.25) is 0 Å². The van der Waals surface area contributed by atoms with Crippen molar-refractivity contribution in [3.05, 3.63) is 53.6 Å². The molecule has 1 saturated heterocycles. The number of carbonyl (C=O) groups excluding carboxylic acids is 1. The zero-order chi connectivity index (χ0) is 17.6. The average molecular weight is 346 g/mol. The zero-order valence-corrected chi connectivity index (χ0v) is 14.2. The van der Waals surface area contributed by atoms with Gasteiger partial charge in [-0.05, 0) is 42.5 Å². The van der Waals surface area contributed by atoms with Crippen molar-refractivity contribution < 1.29 is 13.9 Å². The van der Waals surface area contributed by atoms with Crippen LogP contribution in [0.3, 0.4) is 0 Å². The predicted octanol–water partition coefficient (Wildman–Crippen LogP) is 2.32. The van der Waals surface area contributed by atoms with Gasteiger partial charge in [-0.15, -0.1) is 0 Å². The summed E-state index contributed by atoms with van der Waals surface area (Å²) in [5.74, 6) is -0.296. The number of halogens is 1. The van der Waals surface area contributed by atoms with E-state index < -0.39 is 0 Å². The van der Waals surface area contributed by atoms with Crippen LogP contribution in [0.1, 0.15) is 30.0 Å². The third-order valence-electron chi connectivity index (χ3n) is 4.31. The summed E-state index contributed by atoms with van der Waals surface area (Å²) in [6, 6.07) is 5.64. The van der Waals surface area contributed by atoms with Crippen LogP contribution in [0.2, 0.25) is 0 Å². The molecule has 25 heavy (non-hydrogen) atoms. The minimum absolute atomic E-state index is 0.0884. The summed E-state index contributed by atoms with van der Waals surface area (Å²) in [7, 11) is 1.86. The quantitative estimate of drug-likeness (QED) is 0.843. The number of aromatic nitrogens is 2. The van der Waals surface area contributed by atoms with Gasteiger partial charge >= 0.3 is 6.03 Å². The molecule has 1 aliphatic heterocycles. The lowest BCUT2D eigenvalue weighted by atomic mass is 9.99. The lowest BCUT2D eigenvalue weighted by molar-refractivity contribution is 0.0807. The molecule has 0 unspecified atom stereocenters. The fourth-order valence-corrected chi connectivity index (χ4v) is 3.04. The predicted molar refractivity (Wildman–Crippen MR) is 91.6 cm³/mol. The molecule has 1 fully saturated rings. The Kier molecular flexibility index (Phi) is 5.65. The Bertz CT molecular complexity index is 695. The number of benzene rings is 1. The van der Waals surface area contributed by atoms with Gasteiger partial charge in [-0.1, -0.05) is 12.1 Å². The third-order valence-corrected chi connectivity index (χ3v) is 4.31. The number of urea groups is 1. The van der Waals surface area contributed by atoms with E-state index in [4.69, 9.17) is 4.74 Å². The van der Waals surface area contributed by atoms with Crippen molar-refractivity contribution in [3.8, 4) is 0 Å². The van der Waals surface area contributed by atoms with Gasteiger partial charge in [-0.25, -0.2) is 9.18 Å². The first kappa shape index (κ1) is 17.4. The second kappa shape index (κ2) is 8.11.